The van der Waals surface area contributed by atoms with E-state index < -0.39 is 0 Å². The molecule has 1 aliphatic heterocycles. The van der Waals surface area contributed by atoms with Gasteiger partial charge in [0.05, 0.1) is 30.5 Å². The standard InChI is InChI=1S/C28H24N2O4S/c1-16-8-11-19(34-16)15-24-27(31)30-26(18-10-13-22(32-2)23(14-18)33-3)21-12-9-17-6-4-5-7-20(17)25(21)29-28(30)35-24/h4-8,10-11,13-15,26H,9,12H2,1-3H3/b24-15-/t26-/m0/s1. The largest absolute Gasteiger partial charge is 0.493 e. The van der Waals surface area contributed by atoms with Gasteiger partial charge in [-0.2, -0.15) is 0 Å². The highest BCUT2D eigenvalue weighted by Crippen LogP contribution is 2.42. The van der Waals surface area contributed by atoms with Crippen molar-refractivity contribution in [1.82, 2.24) is 4.57 Å². The van der Waals surface area contributed by atoms with E-state index in [4.69, 9.17) is 18.9 Å². The number of ether oxygens (including phenoxy) is 2. The molecule has 0 radical (unpaired) electrons. The van der Waals surface area contributed by atoms with E-state index in [2.05, 4.69) is 18.2 Å². The van der Waals surface area contributed by atoms with Crippen LogP contribution in [0.15, 0.2) is 74.4 Å². The van der Waals surface area contributed by atoms with Gasteiger partial charge in [0, 0.05) is 11.6 Å². The van der Waals surface area contributed by atoms with Crippen molar-refractivity contribution in [2.24, 2.45) is 4.99 Å². The molecule has 6 nitrogen and oxygen atoms in total. The van der Waals surface area contributed by atoms with Crippen LogP contribution < -0.4 is 24.4 Å². The van der Waals surface area contributed by atoms with Gasteiger partial charge in [-0.25, -0.2) is 4.99 Å². The quantitative estimate of drug-likeness (QED) is 0.435. The zero-order chi connectivity index (χ0) is 24.1. The molecule has 0 N–H and O–H groups in total. The minimum absolute atomic E-state index is 0.0759. The summed E-state index contributed by atoms with van der Waals surface area (Å²) in [6.07, 6.45) is 3.54. The Labute approximate surface area is 206 Å². The van der Waals surface area contributed by atoms with E-state index in [1.54, 1.807) is 20.3 Å². The van der Waals surface area contributed by atoms with Crippen LogP contribution in [-0.4, -0.2) is 18.8 Å². The van der Waals surface area contributed by atoms with Crippen molar-refractivity contribution in [2.75, 3.05) is 14.2 Å². The van der Waals surface area contributed by atoms with E-state index >= 15 is 0 Å². The number of aryl methyl sites for hydroxylation is 2. The summed E-state index contributed by atoms with van der Waals surface area (Å²) in [7, 11) is 3.25. The second kappa shape index (κ2) is 8.43. The molecule has 0 unspecified atom stereocenters. The molecule has 0 saturated carbocycles. The number of hydrogen-bond acceptors (Lipinski definition) is 6. The van der Waals surface area contributed by atoms with Crippen LogP contribution in [0.4, 0.5) is 0 Å². The van der Waals surface area contributed by atoms with Crippen LogP contribution in [0.25, 0.3) is 11.8 Å². The van der Waals surface area contributed by atoms with Crippen molar-refractivity contribution in [1.29, 1.82) is 0 Å². The number of rotatable bonds is 4. The van der Waals surface area contributed by atoms with E-state index in [-0.39, 0.29) is 11.6 Å². The van der Waals surface area contributed by atoms with Crippen molar-refractivity contribution in [3.05, 3.63) is 108 Å². The summed E-state index contributed by atoms with van der Waals surface area (Å²) in [5.74, 6) is 2.75. The third-order valence-corrected chi connectivity index (χ3v) is 7.61. The first kappa shape index (κ1) is 21.7. The Morgan fingerprint density at radius 2 is 1.89 bits per heavy atom. The second-order valence-electron chi connectivity index (χ2n) is 8.68. The van der Waals surface area contributed by atoms with Crippen molar-refractivity contribution in [2.45, 2.75) is 25.8 Å². The molecule has 7 heteroatoms. The molecule has 0 fully saturated rings. The van der Waals surface area contributed by atoms with Gasteiger partial charge in [-0.05, 0) is 60.7 Å². The molecule has 1 aliphatic carbocycles. The number of nitrogens with zero attached hydrogens (tertiary/aromatic N) is 2. The number of aromatic nitrogens is 1. The Balaban J connectivity index is 1.63. The average molecular weight is 485 g/mol. The van der Waals surface area contributed by atoms with Crippen LogP contribution in [-0.2, 0) is 6.42 Å². The molecule has 2 aromatic heterocycles. The van der Waals surface area contributed by atoms with Gasteiger partial charge in [0.1, 0.15) is 11.5 Å². The summed E-state index contributed by atoms with van der Waals surface area (Å²) >= 11 is 1.39. The number of allylic oxidation sites excluding steroid dienone is 1. The third kappa shape index (κ3) is 3.54. The number of benzene rings is 2. The predicted octanol–water partition coefficient (Wildman–Crippen LogP) is 4.24. The molecule has 3 heterocycles. The van der Waals surface area contributed by atoms with Gasteiger partial charge >= 0.3 is 0 Å². The number of methoxy groups -OCH3 is 2. The molecule has 1 atom stereocenters. The smallest absolute Gasteiger partial charge is 0.271 e. The summed E-state index contributed by atoms with van der Waals surface area (Å²) in [5, 5.41) is 0. The fraction of sp³-hybridized carbons (Fsp3) is 0.214. The van der Waals surface area contributed by atoms with Crippen molar-refractivity contribution < 1.29 is 13.9 Å². The monoisotopic (exact) mass is 484 g/mol. The Morgan fingerprint density at radius 1 is 1.06 bits per heavy atom. The van der Waals surface area contributed by atoms with Crippen LogP contribution in [0, 0.1) is 6.92 Å². The maximum atomic E-state index is 13.8. The van der Waals surface area contributed by atoms with Gasteiger partial charge in [-0.3, -0.25) is 9.36 Å². The first-order chi connectivity index (χ1) is 17.1. The van der Waals surface area contributed by atoms with Gasteiger partial charge in [0.2, 0.25) is 0 Å². The second-order valence-corrected chi connectivity index (χ2v) is 9.69. The maximum absolute atomic E-state index is 13.8. The van der Waals surface area contributed by atoms with E-state index in [9.17, 15) is 4.79 Å². The molecule has 35 heavy (non-hydrogen) atoms. The first-order valence-electron chi connectivity index (χ1n) is 11.5. The van der Waals surface area contributed by atoms with Gasteiger partial charge < -0.3 is 13.9 Å². The molecule has 0 amide bonds. The summed E-state index contributed by atoms with van der Waals surface area (Å²) in [6, 6.07) is 17.8. The van der Waals surface area contributed by atoms with E-state index in [0.717, 1.165) is 41.0 Å². The number of thiazole rings is 1. The van der Waals surface area contributed by atoms with Crippen LogP contribution >= 0.6 is 11.3 Å². The number of fused-ring (bicyclic) bond motifs is 3. The lowest BCUT2D eigenvalue weighted by atomic mass is 9.83. The lowest BCUT2D eigenvalue weighted by Gasteiger charge is -2.31. The number of hydrogen-bond donors (Lipinski definition) is 0. The molecule has 2 aromatic carbocycles. The molecule has 6 rings (SSSR count). The van der Waals surface area contributed by atoms with Gasteiger partial charge in [-0.1, -0.05) is 41.7 Å². The highest BCUT2D eigenvalue weighted by atomic mass is 32.1. The first-order valence-corrected chi connectivity index (χ1v) is 12.3. The van der Waals surface area contributed by atoms with Crippen LogP contribution in [0.5, 0.6) is 11.5 Å². The molecule has 0 spiro atoms. The van der Waals surface area contributed by atoms with Crippen molar-refractivity contribution in [3.63, 3.8) is 0 Å². The highest BCUT2D eigenvalue weighted by molar-refractivity contribution is 7.07. The van der Waals surface area contributed by atoms with E-state index in [1.165, 1.54) is 16.9 Å². The van der Waals surface area contributed by atoms with Crippen LogP contribution in [0.2, 0.25) is 0 Å². The summed E-state index contributed by atoms with van der Waals surface area (Å²) in [6.45, 7) is 1.89. The maximum Gasteiger partial charge on any atom is 0.271 e. The van der Waals surface area contributed by atoms with E-state index in [0.29, 0.717) is 26.6 Å². The predicted molar refractivity (Wildman–Crippen MR) is 136 cm³/mol. The van der Waals surface area contributed by atoms with E-state index in [1.807, 2.05) is 47.9 Å². The minimum Gasteiger partial charge on any atom is -0.493 e. The zero-order valence-corrected chi connectivity index (χ0v) is 20.5. The Hall–Kier alpha value is -3.84. The zero-order valence-electron chi connectivity index (χ0n) is 19.7. The number of furan rings is 1. The minimum atomic E-state index is -0.283. The molecule has 4 aromatic rings. The fourth-order valence-corrected chi connectivity index (χ4v) is 5.99. The molecular weight excluding hydrogens is 460 g/mol. The summed E-state index contributed by atoms with van der Waals surface area (Å²) < 4.78 is 19.2. The Morgan fingerprint density at radius 3 is 2.66 bits per heavy atom. The van der Waals surface area contributed by atoms with Crippen molar-refractivity contribution in [3.8, 4) is 11.5 Å². The van der Waals surface area contributed by atoms with Crippen LogP contribution in [0.3, 0.4) is 0 Å². The SMILES string of the molecule is COc1ccc([C@H]2C3=C(N=c4s/c(=C\c5ccc(C)o5)c(=O)n42)c2ccccc2CC3)cc1OC. The highest BCUT2D eigenvalue weighted by Gasteiger charge is 2.33. The topological polar surface area (TPSA) is 66.0 Å². The molecule has 2 aliphatic rings. The average Bonchev–Trinajstić information content (AvgIpc) is 3.44. The Kier molecular flexibility index (Phi) is 5.22. The Bertz CT molecular complexity index is 1670. The molecule has 0 saturated heterocycles. The normalized spacial score (nSPS) is 16.9. The molecular formula is C28H24N2O4S. The lowest BCUT2D eigenvalue weighted by Crippen LogP contribution is -2.38. The van der Waals surface area contributed by atoms with Gasteiger partial charge in [0.25, 0.3) is 5.56 Å². The van der Waals surface area contributed by atoms with Gasteiger partial charge in [-0.15, -0.1) is 0 Å². The fourth-order valence-electron chi connectivity index (χ4n) is 5.01. The van der Waals surface area contributed by atoms with Gasteiger partial charge in [0.15, 0.2) is 16.3 Å². The third-order valence-electron chi connectivity index (χ3n) is 6.63. The molecule has 0 bridgehead atoms. The summed E-state index contributed by atoms with van der Waals surface area (Å²) in [4.78, 5) is 19.5. The van der Waals surface area contributed by atoms with Crippen LogP contribution in [0.1, 0.15) is 40.7 Å². The molecule has 176 valence electrons. The summed E-state index contributed by atoms with van der Waals surface area (Å²) in [5.41, 5.74) is 5.42. The van der Waals surface area contributed by atoms with Crippen molar-refractivity contribution >= 4 is 23.1 Å². The lowest BCUT2D eigenvalue weighted by molar-refractivity contribution is 0.354.